The van der Waals surface area contributed by atoms with Crippen molar-refractivity contribution >= 4 is 5.96 Å². The summed E-state index contributed by atoms with van der Waals surface area (Å²) in [5.41, 5.74) is 2.76. The maximum absolute atomic E-state index is 5.58. The lowest BCUT2D eigenvalue weighted by atomic mass is 10.2. The molecule has 0 radical (unpaired) electrons. The Balaban J connectivity index is 2.62. The highest BCUT2D eigenvalue weighted by molar-refractivity contribution is 5.79. The normalized spacial score (nSPS) is 18.2. The number of nitrogens with one attached hydrogen (secondary N) is 1. The molecule has 1 saturated carbocycles. The number of nitrogens with zero attached hydrogens (tertiary/aromatic N) is 2. The Hall–Kier alpha value is -0.770. The summed E-state index contributed by atoms with van der Waals surface area (Å²) >= 11 is 0. The van der Waals surface area contributed by atoms with Crippen molar-refractivity contribution in [1.82, 2.24) is 10.3 Å². The second kappa shape index (κ2) is 6.74. The molecule has 1 aliphatic carbocycles. The number of rotatable bonds is 4. The van der Waals surface area contributed by atoms with E-state index >= 15 is 0 Å². The van der Waals surface area contributed by atoms with Gasteiger partial charge in [0.15, 0.2) is 0 Å². The van der Waals surface area contributed by atoms with Crippen molar-refractivity contribution in [3.63, 3.8) is 0 Å². The van der Waals surface area contributed by atoms with Crippen LogP contribution < -0.4 is 11.3 Å². The van der Waals surface area contributed by atoms with Crippen molar-refractivity contribution in [3.8, 4) is 0 Å². The van der Waals surface area contributed by atoms with Gasteiger partial charge < -0.3 is 4.90 Å². The highest BCUT2D eigenvalue weighted by Gasteiger charge is 2.23. The second-order valence-corrected chi connectivity index (χ2v) is 4.93. The summed E-state index contributed by atoms with van der Waals surface area (Å²) < 4.78 is 0. The maximum atomic E-state index is 5.58. The molecule has 3 N–H and O–H groups in total. The Labute approximate surface area is 99.3 Å². The SMILES string of the molecule is CCN(C(=NCC(C)C)NN)C1CCCC1. The zero-order valence-electron chi connectivity index (χ0n) is 10.9. The second-order valence-electron chi connectivity index (χ2n) is 4.93. The highest BCUT2D eigenvalue weighted by atomic mass is 15.4. The summed E-state index contributed by atoms with van der Waals surface area (Å²) in [5.74, 6) is 7.02. The van der Waals surface area contributed by atoms with Gasteiger partial charge in [0.1, 0.15) is 0 Å². The fourth-order valence-electron chi connectivity index (χ4n) is 2.29. The van der Waals surface area contributed by atoms with Crippen molar-refractivity contribution in [2.24, 2.45) is 16.8 Å². The molecule has 94 valence electrons. The number of hydrogen-bond acceptors (Lipinski definition) is 2. The molecule has 1 rings (SSSR count). The number of hydrazine groups is 1. The third-order valence-corrected chi connectivity index (χ3v) is 3.11. The highest BCUT2D eigenvalue weighted by Crippen LogP contribution is 2.23. The van der Waals surface area contributed by atoms with Gasteiger partial charge in [-0.05, 0) is 25.7 Å². The zero-order valence-corrected chi connectivity index (χ0v) is 10.9. The molecule has 1 aliphatic rings. The van der Waals surface area contributed by atoms with E-state index in [0.29, 0.717) is 12.0 Å². The molecule has 0 aromatic rings. The molecule has 0 aromatic carbocycles. The van der Waals surface area contributed by atoms with Gasteiger partial charge in [-0.25, -0.2) is 5.84 Å². The van der Waals surface area contributed by atoms with Gasteiger partial charge in [0.2, 0.25) is 5.96 Å². The van der Waals surface area contributed by atoms with E-state index < -0.39 is 0 Å². The van der Waals surface area contributed by atoms with Crippen molar-refractivity contribution in [1.29, 1.82) is 0 Å². The Bertz CT molecular complexity index is 219. The minimum Gasteiger partial charge on any atom is -0.339 e. The van der Waals surface area contributed by atoms with Crippen LogP contribution in [0, 0.1) is 5.92 Å². The smallest absolute Gasteiger partial charge is 0.208 e. The number of aliphatic imine (C=N–C) groups is 1. The van der Waals surface area contributed by atoms with Crippen LogP contribution in [0.15, 0.2) is 4.99 Å². The molecular weight excluding hydrogens is 200 g/mol. The molecule has 16 heavy (non-hydrogen) atoms. The van der Waals surface area contributed by atoms with Crippen LogP contribution in [0.25, 0.3) is 0 Å². The molecule has 4 heteroatoms. The first-order chi connectivity index (χ1) is 7.69. The number of guanidine groups is 1. The summed E-state index contributed by atoms with van der Waals surface area (Å²) in [7, 11) is 0. The Morgan fingerprint density at radius 1 is 1.44 bits per heavy atom. The van der Waals surface area contributed by atoms with Crippen LogP contribution in [0.4, 0.5) is 0 Å². The van der Waals surface area contributed by atoms with E-state index in [9.17, 15) is 0 Å². The van der Waals surface area contributed by atoms with E-state index in [2.05, 4.69) is 36.1 Å². The minimum absolute atomic E-state index is 0.575. The molecule has 0 saturated heterocycles. The van der Waals surface area contributed by atoms with E-state index in [-0.39, 0.29) is 0 Å². The third-order valence-electron chi connectivity index (χ3n) is 3.11. The van der Waals surface area contributed by atoms with E-state index in [0.717, 1.165) is 19.0 Å². The average molecular weight is 226 g/mol. The molecule has 1 fully saturated rings. The predicted octanol–water partition coefficient (Wildman–Crippen LogP) is 1.73. The first-order valence-electron chi connectivity index (χ1n) is 6.46. The van der Waals surface area contributed by atoms with Crippen LogP contribution in [-0.4, -0.2) is 30.0 Å². The van der Waals surface area contributed by atoms with Gasteiger partial charge in [0, 0.05) is 19.1 Å². The molecular formula is C12H26N4. The molecule has 0 aliphatic heterocycles. The van der Waals surface area contributed by atoms with Gasteiger partial charge in [0.05, 0.1) is 0 Å². The maximum Gasteiger partial charge on any atom is 0.208 e. The summed E-state index contributed by atoms with van der Waals surface area (Å²) in [6.45, 7) is 8.32. The van der Waals surface area contributed by atoms with E-state index in [1.54, 1.807) is 0 Å². The lowest BCUT2D eigenvalue weighted by Gasteiger charge is -2.30. The van der Waals surface area contributed by atoms with E-state index in [1.165, 1.54) is 25.7 Å². The monoisotopic (exact) mass is 226 g/mol. The fourth-order valence-corrected chi connectivity index (χ4v) is 2.29. The van der Waals surface area contributed by atoms with E-state index in [4.69, 9.17) is 5.84 Å². The standard InChI is InChI=1S/C12H26N4/c1-4-16(11-7-5-6-8-11)12(15-13)14-9-10(2)3/h10-11H,4-9,13H2,1-3H3,(H,14,15). The fraction of sp³-hybridized carbons (Fsp3) is 0.917. The Morgan fingerprint density at radius 3 is 2.50 bits per heavy atom. The average Bonchev–Trinajstić information content (AvgIpc) is 2.77. The summed E-state index contributed by atoms with van der Waals surface area (Å²) in [6.07, 6.45) is 5.22. The molecule has 0 heterocycles. The third kappa shape index (κ3) is 3.67. The minimum atomic E-state index is 0.575. The molecule has 0 unspecified atom stereocenters. The van der Waals surface area contributed by atoms with E-state index in [1.807, 2.05) is 0 Å². The van der Waals surface area contributed by atoms with Crippen LogP contribution >= 0.6 is 0 Å². The van der Waals surface area contributed by atoms with Gasteiger partial charge >= 0.3 is 0 Å². The number of nitrogens with two attached hydrogens (primary N) is 1. The summed E-state index contributed by atoms with van der Waals surface area (Å²) in [4.78, 5) is 6.88. The first kappa shape index (κ1) is 13.3. The van der Waals surface area contributed by atoms with Gasteiger partial charge in [-0.15, -0.1) is 0 Å². The predicted molar refractivity (Wildman–Crippen MR) is 69.1 cm³/mol. The van der Waals surface area contributed by atoms with Crippen molar-refractivity contribution < 1.29 is 0 Å². The number of hydrogen-bond donors (Lipinski definition) is 2. The van der Waals surface area contributed by atoms with Crippen LogP contribution in [0.2, 0.25) is 0 Å². The Kier molecular flexibility index (Phi) is 5.60. The van der Waals surface area contributed by atoms with Gasteiger partial charge in [-0.2, -0.15) is 0 Å². The van der Waals surface area contributed by atoms with Crippen molar-refractivity contribution in [3.05, 3.63) is 0 Å². The summed E-state index contributed by atoms with van der Waals surface area (Å²) in [5, 5.41) is 0. The zero-order chi connectivity index (χ0) is 12.0. The molecule has 0 aromatic heterocycles. The largest absolute Gasteiger partial charge is 0.339 e. The van der Waals surface area contributed by atoms with Gasteiger partial charge in [0.25, 0.3) is 0 Å². The summed E-state index contributed by atoms with van der Waals surface area (Å²) in [6, 6.07) is 0.631. The topological polar surface area (TPSA) is 53.6 Å². The van der Waals surface area contributed by atoms with Gasteiger partial charge in [-0.1, -0.05) is 26.7 Å². The molecule has 0 spiro atoms. The van der Waals surface area contributed by atoms with Crippen molar-refractivity contribution in [2.45, 2.75) is 52.5 Å². The molecule has 0 atom stereocenters. The first-order valence-corrected chi connectivity index (χ1v) is 6.46. The van der Waals surface area contributed by atoms with Crippen LogP contribution in [0.3, 0.4) is 0 Å². The van der Waals surface area contributed by atoms with Crippen LogP contribution in [0.5, 0.6) is 0 Å². The molecule has 0 amide bonds. The lowest BCUT2D eigenvalue weighted by molar-refractivity contribution is 0.317. The van der Waals surface area contributed by atoms with Crippen LogP contribution in [0.1, 0.15) is 46.5 Å². The quantitative estimate of drug-likeness (QED) is 0.332. The van der Waals surface area contributed by atoms with Crippen LogP contribution in [-0.2, 0) is 0 Å². The Morgan fingerprint density at radius 2 is 2.06 bits per heavy atom. The molecule has 4 nitrogen and oxygen atoms in total. The van der Waals surface area contributed by atoms with Crippen molar-refractivity contribution in [2.75, 3.05) is 13.1 Å². The lowest BCUT2D eigenvalue weighted by Crippen LogP contribution is -2.49. The van der Waals surface area contributed by atoms with Gasteiger partial charge in [-0.3, -0.25) is 10.4 Å². The molecule has 0 bridgehead atoms.